The van der Waals surface area contributed by atoms with Crippen LogP contribution in [0.5, 0.6) is 11.5 Å². The van der Waals surface area contributed by atoms with Crippen molar-refractivity contribution in [1.29, 1.82) is 0 Å². The molecular weight excluding hydrogens is 1310 g/mol. The first-order valence-electron chi connectivity index (χ1n) is 24.7. The zero-order valence-corrected chi connectivity index (χ0v) is 50.9. The number of hydrogen-bond acceptors (Lipinski definition) is 7. The summed E-state index contributed by atoms with van der Waals surface area (Å²) in [5, 5.41) is 8.65. The summed E-state index contributed by atoms with van der Waals surface area (Å²) < 4.78 is 62.8. The highest BCUT2D eigenvalue weighted by molar-refractivity contribution is 9.11. The smallest absolute Gasteiger partial charge is 0.252 e. The van der Waals surface area contributed by atoms with E-state index >= 15 is 0 Å². The van der Waals surface area contributed by atoms with Crippen LogP contribution in [0.25, 0.3) is 0 Å². The van der Waals surface area contributed by atoms with Gasteiger partial charge < -0.3 is 14.7 Å². The summed E-state index contributed by atoms with van der Waals surface area (Å²) in [6.45, 7) is 9.90. The lowest BCUT2D eigenvalue weighted by molar-refractivity contribution is 0.102. The fraction of sp³-hybridized carbons (Fsp3) is 0.156. The summed E-state index contributed by atoms with van der Waals surface area (Å²) in [6, 6.07) is 46.3. The molecule has 8 rings (SSSR count). The summed E-state index contributed by atoms with van der Waals surface area (Å²) >= 11 is 18.3. The Balaban J connectivity index is 0.000000230. The Kier molecular flexibility index (Phi) is 28.7. The molecule has 0 heterocycles. The second-order valence-electron chi connectivity index (χ2n) is 17.7. The van der Waals surface area contributed by atoms with Crippen molar-refractivity contribution in [2.75, 3.05) is 26.7 Å². The molecule has 0 bridgehead atoms. The number of phenolic OH excluding ortho intramolecular Hbond substituents is 1. The van der Waals surface area contributed by atoms with Gasteiger partial charge in [-0.1, -0.05) is 101 Å². The molecule has 0 unspecified atom stereocenters. The lowest BCUT2D eigenvalue weighted by Crippen LogP contribution is -2.19. The number of aromatic hydroxyl groups is 1. The topological polar surface area (TPSA) is 101 Å². The highest BCUT2D eigenvalue weighted by atomic mass is 79.9. The van der Waals surface area contributed by atoms with E-state index in [-0.39, 0.29) is 39.8 Å². The van der Waals surface area contributed by atoms with Gasteiger partial charge in [0, 0.05) is 58.8 Å². The minimum absolute atomic E-state index is 0.0508. The van der Waals surface area contributed by atoms with Gasteiger partial charge in [-0.2, -0.15) is 0 Å². The van der Waals surface area contributed by atoms with Gasteiger partial charge in [-0.05, 0) is 209 Å². The van der Waals surface area contributed by atoms with Gasteiger partial charge >= 0.3 is 0 Å². The van der Waals surface area contributed by atoms with Gasteiger partial charge in [0.25, 0.3) is 5.24 Å². The maximum Gasteiger partial charge on any atom is 0.252 e. The van der Waals surface area contributed by atoms with E-state index in [9.17, 15) is 36.7 Å². The molecule has 80 heavy (non-hydrogen) atoms. The first-order chi connectivity index (χ1) is 38.1. The molecule has 1 N–H and O–H groups in total. The predicted molar refractivity (Wildman–Crippen MR) is 325 cm³/mol. The summed E-state index contributed by atoms with van der Waals surface area (Å²) in [4.78, 5) is 49.2. The molecule has 0 saturated carbocycles. The van der Waals surface area contributed by atoms with Crippen molar-refractivity contribution in [2.24, 2.45) is 0 Å². The van der Waals surface area contributed by atoms with Crippen molar-refractivity contribution in [3.05, 3.63) is 280 Å². The molecule has 8 aromatic carbocycles. The summed E-state index contributed by atoms with van der Waals surface area (Å²) in [5.41, 5.74) is 3.73. The van der Waals surface area contributed by atoms with Gasteiger partial charge in [0.15, 0.2) is 17.3 Å². The minimum atomic E-state index is -0.724. The van der Waals surface area contributed by atoms with Crippen molar-refractivity contribution in [3.63, 3.8) is 0 Å². The molecule has 0 aliphatic rings. The van der Waals surface area contributed by atoms with Crippen LogP contribution >= 0.6 is 75.3 Å². The number of carbonyl (C=O) groups excluding carboxylic acids is 4. The van der Waals surface area contributed by atoms with Crippen molar-refractivity contribution < 1.29 is 46.6 Å². The number of rotatable bonds is 17. The number of unbranched alkanes of at least 4 members (excludes halogenated alkanes) is 3. The lowest BCUT2D eigenvalue weighted by atomic mass is 10.0. The number of aryl methyl sites for hydroxylation is 2. The second-order valence-corrected chi connectivity index (χ2v) is 21.7. The van der Waals surface area contributed by atoms with Crippen LogP contribution in [-0.4, -0.2) is 59.3 Å². The van der Waals surface area contributed by atoms with E-state index in [2.05, 4.69) is 82.2 Å². The van der Waals surface area contributed by atoms with E-state index in [1.165, 1.54) is 48.5 Å². The van der Waals surface area contributed by atoms with Crippen molar-refractivity contribution in [3.8, 4) is 11.5 Å². The average molecular weight is 1370 g/mol. The Morgan fingerprint density at radius 1 is 0.525 bits per heavy atom. The highest BCUT2D eigenvalue weighted by Crippen LogP contribution is 2.23. The Morgan fingerprint density at radius 2 is 0.938 bits per heavy atom. The Morgan fingerprint density at radius 3 is 1.34 bits per heavy atom. The third-order valence-electron chi connectivity index (χ3n) is 11.3. The molecule has 0 radical (unpaired) electrons. The van der Waals surface area contributed by atoms with E-state index in [1.54, 1.807) is 122 Å². The molecule has 0 fully saturated rings. The van der Waals surface area contributed by atoms with E-state index < -0.39 is 28.5 Å². The molecule has 0 spiro atoms. The SMILES string of the molecule is C=CCN(C)CCCCCCOc1ccc(C(=O)c2ccc(Br)cc2)c(F)c1.Cc1ccc(C(=O)c2ccc(Br)cc2)c(F)c1.Cc1cccc(F)c1.O=C(Cl)c1ccc(Br)cc1.O=C(c1ccc(Br)cc1)c1ccc(O)cc1F. The van der Waals surface area contributed by atoms with Crippen LogP contribution in [0, 0.1) is 37.1 Å². The molecule has 8 aromatic rings. The second kappa shape index (κ2) is 34.7. The van der Waals surface area contributed by atoms with Gasteiger partial charge in [0.05, 0.1) is 23.3 Å². The fourth-order valence-corrected chi connectivity index (χ4v) is 8.24. The summed E-state index contributed by atoms with van der Waals surface area (Å²) in [7, 11) is 2.09. The number of ether oxygens (including phenoxy) is 1. The molecule has 16 heteroatoms. The van der Waals surface area contributed by atoms with Crippen LogP contribution in [0.15, 0.2) is 206 Å². The van der Waals surface area contributed by atoms with Gasteiger partial charge in [-0.3, -0.25) is 19.2 Å². The number of ketones is 3. The quantitative estimate of drug-likeness (QED) is 0.0319. The first-order valence-corrected chi connectivity index (χ1v) is 28.3. The van der Waals surface area contributed by atoms with Gasteiger partial charge in [-0.25, -0.2) is 17.6 Å². The largest absolute Gasteiger partial charge is 0.508 e. The van der Waals surface area contributed by atoms with Crippen LogP contribution in [0.2, 0.25) is 0 Å². The maximum atomic E-state index is 14.4. The monoisotopic (exact) mass is 1360 g/mol. The van der Waals surface area contributed by atoms with Crippen LogP contribution in [0.3, 0.4) is 0 Å². The summed E-state index contributed by atoms with van der Waals surface area (Å²) in [6.07, 6.45) is 6.19. The zero-order valence-electron chi connectivity index (χ0n) is 43.8. The number of hydrogen-bond donors (Lipinski definition) is 1. The van der Waals surface area contributed by atoms with E-state index in [0.717, 1.165) is 73.9 Å². The Labute approximate surface area is 503 Å². The Hall–Kier alpha value is -6.33. The van der Waals surface area contributed by atoms with Gasteiger partial charge in [0.1, 0.15) is 34.8 Å². The number of carbonyl (C=O) groups is 4. The number of nitrogens with zero attached hydrogens (tertiary/aromatic N) is 1. The molecule has 416 valence electrons. The lowest BCUT2D eigenvalue weighted by Gasteiger charge is -2.13. The predicted octanol–water partition coefficient (Wildman–Crippen LogP) is 18.5. The molecule has 0 aromatic heterocycles. The standard InChI is InChI=1S/C23H27BrFNO2.C14H10BrFO.C13H8BrFO2.C7H4BrClO.C7H7F/c1-3-14-26(2)15-6-4-5-7-16-28-20-12-13-21(22(25)17-20)23(27)18-8-10-19(24)11-9-18;1-9-2-7-12(13(16)8-9)14(17)10-3-5-11(15)6-4-10;14-9-3-1-8(2-4-9)13(17)11-6-5-10(16)7-12(11)15;8-6-3-1-5(2-4-6)7(9)10;1-6-3-2-4-7(8)5-6/h3,8-13,17H,1,4-7,14-16H2,2H3;2-8H,1H3;1-7,16H;1-4H;2-5H,1H3. The van der Waals surface area contributed by atoms with E-state index in [0.29, 0.717) is 34.6 Å². The number of likely N-dealkylation sites (N-methyl/N-ethyl adjacent to an activating group) is 1. The zero-order chi connectivity index (χ0) is 58.7. The van der Waals surface area contributed by atoms with Crippen molar-refractivity contribution in [1.82, 2.24) is 4.90 Å². The summed E-state index contributed by atoms with van der Waals surface area (Å²) in [5.74, 6) is -2.70. The van der Waals surface area contributed by atoms with Gasteiger partial charge in [-0.15, -0.1) is 6.58 Å². The third kappa shape index (κ3) is 23.4. The number of phenols is 1. The fourth-order valence-electron chi connectivity index (χ4n) is 7.06. The molecule has 0 amide bonds. The van der Waals surface area contributed by atoms with Crippen LogP contribution in [-0.2, 0) is 0 Å². The number of halogens is 9. The molecule has 0 atom stereocenters. The normalized spacial score (nSPS) is 10.3. The molecule has 0 aliphatic carbocycles. The van der Waals surface area contributed by atoms with Crippen molar-refractivity contribution >= 4 is 97.9 Å². The van der Waals surface area contributed by atoms with Crippen LogP contribution in [0.1, 0.15) is 94.9 Å². The third-order valence-corrected chi connectivity index (χ3v) is 13.6. The van der Waals surface area contributed by atoms with Crippen LogP contribution in [0.4, 0.5) is 17.6 Å². The van der Waals surface area contributed by atoms with E-state index in [4.69, 9.17) is 21.4 Å². The van der Waals surface area contributed by atoms with Crippen LogP contribution < -0.4 is 4.74 Å². The van der Waals surface area contributed by atoms with Gasteiger partial charge in [0.2, 0.25) is 0 Å². The minimum Gasteiger partial charge on any atom is -0.508 e. The maximum absolute atomic E-state index is 14.4. The molecule has 0 saturated heterocycles. The highest BCUT2D eigenvalue weighted by Gasteiger charge is 2.17. The molecular formula is C64H56Br4ClF4NO6. The van der Waals surface area contributed by atoms with Crippen molar-refractivity contribution in [2.45, 2.75) is 39.5 Å². The molecule has 0 aliphatic heterocycles. The average Bonchev–Trinajstić information content (AvgIpc) is 3.45. The molecule has 7 nitrogen and oxygen atoms in total. The first kappa shape index (κ1) is 66.2. The Bertz CT molecular complexity index is 3190. The van der Waals surface area contributed by atoms with E-state index in [1.807, 2.05) is 19.1 Å². The number of benzene rings is 8.